The number of ether oxygens (including phenoxy) is 1. The van der Waals surface area contributed by atoms with Crippen LogP contribution in [0.3, 0.4) is 0 Å². The highest BCUT2D eigenvalue weighted by atomic mass is 16.6. The number of nitrogens with one attached hydrogen (secondary N) is 1. The number of carbonyl (C=O) groups excluding carboxylic acids is 1. The maximum absolute atomic E-state index is 12.3. The van der Waals surface area contributed by atoms with Crippen molar-refractivity contribution < 1.29 is 14.6 Å². The molecule has 1 fully saturated rings. The molecular formula is C27H32N2O3. The molecule has 0 radical (unpaired) electrons. The second-order valence-corrected chi connectivity index (χ2v) is 9.14. The van der Waals surface area contributed by atoms with Gasteiger partial charge >= 0.3 is 6.09 Å². The Bertz CT molecular complexity index is 1030. The van der Waals surface area contributed by atoms with Gasteiger partial charge in [0, 0.05) is 6.20 Å². The van der Waals surface area contributed by atoms with E-state index in [1.807, 2.05) is 30.3 Å². The summed E-state index contributed by atoms with van der Waals surface area (Å²) in [5, 5.41) is 13.7. The van der Waals surface area contributed by atoms with Crippen molar-refractivity contribution in [3.8, 4) is 17.6 Å². The summed E-state index contributed by atoms with van der Waals surface area (Å²) >= 11 is 0. The van der Waals surface area contributed by atoms with Crippen LogP contribution in [0.25, 0.3) is 0 Å². The number of nitrogens with zero attached hydrogens (tertiary/aromatic N) is 1. The van der Waals surface area contributed by atoms with Crippen LogP contribution >= 0.6 is 0 Å². The van der Waals surface area contributed by atoms with Crippen molar-refractivity contribution in [3.63, 3.8) is 0 Å². The molecule has 0 aliphatic heterocycles. The molecule has 0 spiro atoms. The second kappa shape index (κ2) is 9.34. The molecule has 2 aliphatic rings. The SMILES string of the molecule is CC#C[C@@]1(O)CC[C@]2(CCC)c3ccc(OC(=O)NCc4ccccn4)cc3CC[C@H]2C1. The second-order valence-electron chi connectivity index (χ2n) is 9.14. The lowest BCUT2D eigenvalue weighted by Crippen LogP contribution is -2.49. The molecule has 0 bridgehead atoms. The number of hydrogen-bond acceptors (Lipinski definition) is 4. The van der Waals surface area contributed by atoms with Gasteiger partial charge in [-0.3, -0.25) is 4.98 Å². The van der Waals surface area contributed by atoms with E-state index in [9.17, 15) is 9.90 Å². The minimum Gasteiger partial charge on any atom is -0.410 e. The molecule has 5 heteroatoms. The predicted octanol–water partition coefficient (Wildman–Crippen LogP) is 4.91. The number of pyridine rings is 1. The molecule has 5 nitrogen and oxygen atoms in total. The highest BCUT2D eigenvalue weighted by molar-refractivity contribution is 5.70. The largest absolute Gasteiger partial charge is 0.412 e. The molecule has 1 heterocycles. The molecule has 2 aliphatic carbocycles. The zero-order valence-corrected chi connectivity index (χ0v) is 19.0. The van der Waals surface area contributed by atoms with Gasteiger partial charge in [0.25, 0.3) is 0 Å². The van der Waals surface area contributed by atoms with E-state index in [0.29, 0.717) is 24.6 Å². The Morgan fingerprint density at radius 3 is 2.94 bits per heavy atom. The minimum atomic E-state index is -0.858. The van der Waals surface area contributed by atoms with Gasteiger partial charge in [0.1, 0.15) is 11.4 Å². The molecule has 1 aromatic heterocycles. The highest BCUT2D eigenvalue weighted by Gasteiger charge is 2.50. The molecule has 1 saturated carbocycles. The number of carbonyl (C=O) groups is 1. The van der Waals surface area contributed by atoms with Crippen LogP contribution in [-0.2, 0) is 18.4 Å². The van der Waals surface area contributed by atoms with Crippen molar-refractivity contribution in [2.24, 2.45) is 5.92 Å². The lowest BCUT2D eigenvalue weighted by molar-refractivity contribution is -0.0109. The molecule has 0 unspecified atom stereocenters. The lowest BCUT2D eigenvalue weighted by Gasteiger charge is -2.52. The van der Waals surface area contributed by atoms with E-state index in [0.717, 1.165) is 44.2 Å². The number of fused-ring (bicyclic) bond motifs is 3. The number of hydrogen-bond donors (Lipinski definition) is 2. The van der Waals surface area contributed by atoms with Gasteiger partial charge in [-0.05, 0) is 92.2 Å². The summed E-state index contributed by atoms with van der Waals surface area (Å²) in [5.41, 5.74) is 2.62. The van der Waals surface area contributed by atoms with Crippen molar-refractivity contribution in [2.45, 2.75) is 76.4 Å². The first kappa shape index (κ1) is 22.4. The standard InChI is InChI=1S/C27H32N2O3/c1-3-12-26(31)14-15-27(13-4-2)21(18-26)9-8-20-17-23(10-11-24(20)27)32-25(30)29-19-22-7-5-6-16-28-22/h5-7,10-11,16-17,21,31H,4,8-9,13-15,18-19H2,1-2H3,(H,29,30)/t21-,26+,27-/m0/s1. The molecule has 32 heavy (non-hydrogen) atoms. The van der Waals surface area contributed by atoms with Crippen molar-refractivity contribution in [2.75, 3.05) is 0 Å². The van der Waals surface area contributed by atoms with Gasteiger partial charge in [-0.1, -0.05) is 31.4 Å². The van der Waals surface area contributed by atoms with E-state index >= 15 is 0 Å². The third-order valence-electron chi connectivity index (χ3n) is 7.13. The fraction of sp³-hybridized carbons (Fsp3) is 0.481. The van der Waals surface area contributed by atoms with Crippen LogP contribution in [0.1, 0.15) is 69.2 Å². The lowest BCUT2D eigenvalue weighted by atomic mass is 9.53. The normalized spacial score (nSPS) is 26.2. The number of aliphatic hydroxyl groups is 1. The zero-order valence-electron chi connectivity index (χ0n) is 19.0. The van der Waals surface area contributed by atoms with Gasteiger partial charge in [0.2, 0.25) is 0 Å². The fourth-order valence-corrected chi connectivity index (χ4v) is 5.79. The van der Waals surface area contributed by atoms with E-state index in [2.05, 4.69) is 35.1 Å². The molecule has 2 aromatic rings. The Morgan fingerprint density at radius 2 is 2.19 bits per heavy atom. The van der Waals surface area contributed by atoms with Crippen LogP contribution in [0.5, 0.6) is 5.75 Å². The first-order valence-electron chi connectivity index (χ1n) is 11.6. The van der Waals surface area contributed by atoms with E-state index in [1.54, 1.807) is 13.1 Å². The summed E-state index contributed by atoms with van der Waals surface area (Å²) < 4.78 is 5.56. The first-order valence-corrected chi connectivity index (χ1v) is 11.6. The molecule has 1 aromatic carbocycles. The summed E-state index contributed by atoms with van der Waals surface area (Å²) in [6.07, 6.45) is 7.75. The summed E-state index contributed by atoms with van der Waals surface area (Å²) in [7, 11) is 0. The van der Waals surface area contributed by atoms with Gasteiger partial charge in [-0.2, -0.15) is 0 Å². The molecular weight excluding hydrogens is 400 g/mol. The summed E-state index contributed by atoms with van der Waals surface area (Å²) in [6, 6.07) is 11.7. The monoisotopic (exact) mass is 432 g/mol. The van der Waals surface area contributed by atoms with E-state index in [-0.39, 0.29) is 5.41 Å². The topological polar surface area (TPSA) is 71.5 Å². The third-order valence-corrected chi connectivity index (χ3v) is 7.13. The average molecular weight is 433 g/mol. The van der Waals surface area contributed by atoms with Crippen LogP contribution in [0, 0.1) is 17.8 Å². The van der Waals surface area contributed by atoms with Crippen molar-refractivity contribution in [3.05, 3.63) is 59.4 Å². The number of benzene rings is 1. The summed E-state index contributed by atoms with van der Waals surface area (Å²) in [6.45, 7) is 4.36. The number of amides is 1. The van der Waals surface area contributed by atoms with Crippen LogP contribution < -0.4 is 10.1 Å². The third kappa shape index (κ3) is 4.52. The smallest absolute Gasteiger partial charge is 0.410 e. The average Bonchev–Trinajstić information content (AvgIpc) is 2.79. The maximum Gasteiger partial charge on any atom is 0.412 e. The van der Waals surface area contributed by atoms with E-state index in [1.165, 1.54) is 11.1 Å². The van der Waals surface area contributed by atoms with Crippen LogP contribution in [0.4, 0.5) is 4.79 Å². The van der Waals surface area contributed by atoms with Gasteiger partial charge in [-0.15, -0.1) is 5.92 Å². The van der Waals surface area contributed by atoms with Crippen LogP contribution in [0.2, 0.25) is 0 Å². The maximum atomic E-state index is 12.3. The first-order chi connectivity index (χ1) is 15.5. The molecule has 3 atom stereocenters. The quantitative estimate of drug-likeness (QED) is 0.659. The molecule has 168 valence electrons. The summed E-state index contributed by atoms with van der Waals surface area (Å²) in [5.74, 6) is 6.98. The number of aromatic nitrogens is 1. The Morgan fingerprint density at radius 1 is 1.31 bits per heavy atom. The van der Waals surface area contributed by atoms with E-state index in [4.69, 9.17) is 4.74 Å². The number of aryl methyl sites for hydroxylation is 1. The van der Waals surface area contributed by atoms with Gasteiger partial charge in [-0.25, -0.2) is 4.79 Å². The molecule has 1 amide bonds. The van der Waals surface area contributed by atoms with Crippen molar-refractivity contribution >= 4 is 6.09 Å². The van der Waals surface area contributed by atoms with Crippen molar-refractivity contribution in [1.29, 1.82) is 0 Å². The zero-order chi connectivity index (χ0) is 22.6. The Hall–Kier alpha value is -2.84. The molecule has 0 saturated heterocycles. The Labute approximate surface area is 190 Å². The Balaban J connectivity index is 1.50. The number of rotatable bonds is 5. The predicted molar refractivity (Wildman–Crippen MR) is 124 cm³/mol. The fourth-order valence-electron chi connectivity index (χ4n) is 5.79. The van der Waals surface area contributed by atoms with Gasteiger partial charge in [0.15, 0.2) is 0 Å². The Kier molecular flexibility index (Phi) is 6.53. The van der Waals surface area contributed by atoms with Crippen LogP contribution in [0.15, 0.2) is 42.6 Å². The van der Waals surface area contributed by atoms with Crippen molar-refractivity contribution in [1.82, 2.24) is 10.3 Å². The van der Waals surface area contributed by atoms with Gasteiger partial charge < -0.3 is 15.2 Å². The molecule has 4 rings (SSSR count). The summed E-state index contributed by atoms with van der Waals surface area (Å²) in [4.78, 5) is 16.5. The highest BCUT2D eigenvalue weighted by Crippen LogP contribution is 2.55. The van der Waals surface area contributed by atoms with Gasteiger partial charge in [0.05, 0.1) is 12.2 Å². The molecule has 2 N–H and O–H groups in total. The van der Waals surface area contributed by atoms with E-state index < -0.39 is 11.7 Å². The minimum absolute atomic E-state index is 0.0732. The van der Waals surface area contributed by atoms with Crippen LogP contribution in [-0.4, -0.2) is 21.8 Å².